The first-order valence-electron chi connectivity index (χ1n) is 8.80. The van der Waals surface area contributed by atoms with E-state index in [4.69, 9.17) is 5.11 Å². The number of aryl methyl sites for hydroxylation is 2. The lowest BCUT2D eigenvalue weighted by Gasteiger charge is -2.34. The van der Waals surface area contributed by atoms with E-state index < -0.39 is 0 Å². The van der Waals surface area contributed by atoms with Crippen molar-refractivity contribution >= 4 is 5.95 Å². The zero-order valence-corrected chi connectivity index (χ0v) is 15.0. The minimum atomic E-state index is -0.0548. The predicted octanol–water partition coefficient (Wildman–Crippen LogP) is 1.09. The van der Waals surface area contributed by atoms with Crippen LogP contribution in [0, 0.1) is 13.8 Å². The summed E-state index contributed by atoms with van der Waals surface area (Å²) < 4.78 is 0. The highest BCUT2D eigenvalue weighted by molar-refractivity contribution is 5.36. The lowest BCUT2D eigenvalue weighted by molar-refractivity contribution is 0.188. The van der Waals surface area contributed by atoms with E-state index in [-0.39, 0.29) is 12.2 Å². The van der Waals surface area contributed by atoms with Gasteiger partial charge in [-0.2, -0.15) is 0 Å². The minimum absolute atomic E-state index is 0.0548. The molecule has 2 N–H and O–H groups in total. The summed E-state index contributed by atoms with van der Waals surface area (Å²) in [5, 5.41) is 9.03. The van der Waals surface area contributed by atoms with Gasteiger partial charge in [-0.15, -0.1) is 0 Å². The summed E-state index contributed by atoms with van der Waals surface area (Å²) in [5.74, 6) is 0.652. The first kappa shape index (κ1) is 17.6. The van der Waals surface area contributed by atoms with Crippen molar-refractivity contribution in [3.8, 4) is 0 Å². The Morgan fingerprint density at radius 1 is 1.12 bits per heavy atom. The van der Waals surface area contributed by atoms with E-state index in [1.807, 2.05) is 6.92 Å². The number of nitrogens with zero attached hydrogens (tertiary/aromatic N) is 3. The second kappa shape index (κ2) is 7.80. The van der Waals surface area contributed by atoms with Gasteiger partial charge in [0.25, 0.3) is 5.56 Å². The van der Waals surface area contributed by atoms with Gasteiger partial charge >= 0.3 is 0 Å². The van der Waals surface area contributed by atoms with Crippen LogP contribution in [-0.4, -0.2) is 59.3 Å². The van der Waals surface area contributed by atoms with Crippen LogP contribution in [0.1, 0.15) is 22.4 Å². The number of β-amino-alcohol motifs (C(OH)–C–C–N with tert-alkyl or cyclic N) is 1. The van der Waals surface area contributed by atoms with Crippen molar-refractivity contribution in [1.29, 1.82) is 0 Å². The van der Waals surface area contributed by atoms with Crippen LogP contribution in [0.3, 0.4) is 0 Å². The molecule has 2 heterocycles. The van der Waals surface area contributed by atoms with Crippen LogP contribution in [0.25, 0.3) is 0 Å². The Morgan fingerprint density at radius 2 is 1.80 bits per heavy atom. The number of aliphatic hydroxyl groups excluding tert-OH is 1. The van der Waals surface area contributed by atoms with E-state index in [1.165, 1.54) is 5.56 Å². The van der Waals surface area contributed by atoms with E-state index in [0.29, 0.717) is 18.9 Å². The van der Waals surface area contributed by atoms with Crippen LogP contribution in [0.5, 0.6) is 0 Å². The molecule has 1 aliphatic heterocycles. The maximum Gasteiger partial charge on any atom is 0.256 e. The quantitative estimate of drug-likeness (QED) is 0.851. The van der Waals surface area contributed by atoms with Gasteiger partial charge in [-0.05, 0) is 19.4 Å². The second-order valence-corrected chi connectivity index (χ2v) is 6.67. The molecule has 3 rings (SSSR count). The fourth-order valence-electron chi connectivity index (χ4n) is 3.19. The number of benzene rings is 1. The minimum Gasteiger partial charge on any atom is -0.395 e. The highest BCUT2D eigenvalue weighted by Gasteiger charge is 2.19. The van der Waals surface area contributed by atoms with Crippen LogP contribution >= 0.6 is 0 Å². The molecular weight excluding hydrogens is 316 g/mol. The third-order valence-electron chi connectivity index (χ3n) is 4.80. The summed E-state index contributed by atoms with van der Waals surface area (Å²) in [7, 11) is 0. The Balaban J connectivity index is 1.74. The molecule has 6 heteroatoms. The molecule has 1 fully saturated rings. The molecule has 0 aliphatic carbocycles. The lowest BCUT2D eigenvalue weighted by Crippen LogP contribution is -2.48. The smallest absolute Gasteiger partial charge is 0.256 e. The summed E-state index contributed by atoms with van der Waals surface area (Å²) in [4.78, 5) is 24.5. The molecule has 1 aromatic carbocycles. The first-order valence-corrected chi connectivity index (χ1v) is 8.80. The Morgan fingerprint density at radius 3 is 2.40 bits per heavy atom. The van der Waals surface area contributed by atoms with Crippen molar-refractivity contribution in [3.05, 3.63) is 57.0 Å². The van der Waals surface area contributed by atoms with Crippen LogP contribution < -0.4 is 10.5 Å². The van der Waals surface area contributed by atoms with Gasteiger partial charge in [0.2, 0.25) is 5.95 Å². The highest BCUT2D eigenvalue weighted by Crippen LogP contribution is 2.14. The van der Waals surface area contributed by atoms with Gasteiger partial charge < -0.3 is 10.0 Å². The van der Waals surface area contributed by atoms with Gasteiger partial charge in [0, 0.05) is 44.7 Å². The normalized spacial score (nSPS) is 15.6. The third kappa shape index (κ3) is 4.27. The number of hydrogen-bond donors (Lipinski definition) is 2. The standard InChI is InChI=1S/C19H26N4O2/c1-14-3-5-16(6-4-14)13-17-15(2)20-19(21-18(17)25)23-9-7-22(8-10-23)11-12-24/h3-6,24H,7-13H2,1-2H3,(H,20,21,25). The lowest BCUT2D eigenvalue weighted by atomic mass is 10.0. The fourth-order valence-corrected chi connectivity index (χ4v) is 3.19. The van der Waals surface area contributed by atoms with E-state index in [2.05, 4.69) is 51.0 Å². The molecular formula is C19H26N4O2. The Kier molecular flexibility index (Phi) is 5.50. The summed E-state index contributed by atoms with van der Waals surface area (Å²) >= 11 is 0. The van der Waals surface area contributed by atoms with Gasteiger partial charge in [0.15, 0.2) is 0 Å². The average molecular weight is 342 g/mol. The number of aromatic amines is 1. The van der Waals surface area contributed by atoms with E-state index in [9.17, 15) is 4.79 Å². The van der Waals surface area contributed by atoms with Crippen molar-refractivity contribution in [2.45, 2.75) is 20.3 Å². The molecule has 1 aliphatic rings. The molecule has 134 valence electrons. The van der Waals surface area contributed by atoms with Gasteiger partial charge in [-0.1, -0.05) is 29.8 Å². The monoisotopic (exact) mass is 342 g/mol. The van der Waals surface area contributed by atoms with Crippen molar-refractivity contribution in [2.75, 3.05) is 44.2 Å². The largest absolute Gasteiger partial charge is 0.395 e. The number of anilines is 1. The number of hydrogen-bond acceptors (Lipinski definition) is 5. The van der Waals surface area contributed by atoms with Crippen LogP contribution in [0.2, 0.25) is 0 Å². The molecule has 1 aromatic heterocycles. The van der Waals surface area contributed by atoms with Crippen LogP contribution in [0.15, 0.2) is 29.1 Å². The molecule has 0 spiro atoms. The van der Waals surface area contributed by atoms with Crippen LogP contribution in [-0.2, 0) is 6.42 Å². The SMILES string of the molecule is Cc1ccc(Cc2c(C)nc(N3CCN(CCO)CC3)[nH]c2=O)cc1. The Labute approximate surface area is 148 Å². The molecule has 0 unspecified atom stereocenters. The molecule has 0 radical (unpaired) electrons. The number of rotatable bonds is 5. The van der Waals surface area contributed by atoms with Crippen molar-refractivity contribution in [3.63, 3.8) is 0 Å². The molecule has 0 bridgehead atoms. The molecule has 25 heavy (non-hydrogen) atoms. The van der Waals surface area contributed by atoms with Gasteiger partial charge in [-0.3, -0.25) is 14.7 Å². The Bertz CT molecular complexity index is 762. The van der Waals surface area contributed by atoms with Gasteiger partial charge in [0.1, 0.15) is 0 Å². The molecule has 1 saturated heterocycles. The number of aliphatic hydroxyl groups is 1. The molecule has 0 saturated carbocycles. The summed E-state index contributed by atoms with van der Waals surface area (Å²) in [6.07, 6.45) is 0.596. The zero-order chi connectivity index (χ0) is 17.8. The maximum absolute atomic E-state index is 12.6. The van der Waals surface area contributed by atoms with Crippen molar-refractivity contribution in [1.82, 2.24) is 14.9 Å². The summed E-state index contributed by atoms with van der Waals surface area (Å²) in [6, 6.07) is 8.24. The van der Waals surface area contributed by atoms with Crippen LogP contribution in [0.4, 0.5) is 5.95 Å². The average Bonchev–Trinajstić information content (AvgIpc) is 2.60. The third-order valence-corrected chi connectivity index (χ3v) is 4.80. The summed E-state index contributed by atoms with van der Waals surface area (Å²) in [6.45, 7) is 8.19. The number of aromatic nitrogens is 2. The van der Waals surface area contributed by atoms with Gasteiger partial charge in [-0.25, -0.2) is 4.98 Å². The topological polar surface area (TPSA) is 72.5 Å². The van der Waals surface area contributed by atoms with E-state index >= 15 is 0 Å². The number of piperazine rings is 1. The number of nitrogens with one attached hydrogen (secondary N) is 1. The first-order chi connectivity index (χ1) is 12.1. The fraction of sp³-hybridized carbons (Fsp3) is 0.474. The highest BCUT2D eigenvalue weighted by atomic mass is 16.3. The second-order valence-electron chi connectivity index (χ2n) is 6.67. The molecule has 2 aromatic rings. The molecule has 6 nitrogen and oxygen atoms in total. The number of H-pyrrole nitrogens is 1. The predicted molar refractivity (Wildman–Crippen MR) is 99.3 cm³/mol. The van der Waals surface area contributed by atoms with Gasteiger partial charge in [0.05, 0.1) is 12.3 Å². The Hall–Kier alpha value is -2.18. The van der Waals surface area contributed by atoms with Crippen molar-refractivity contribution < 1.29 is 5.11 Å². The van der Waals surface area contributed by atoms with E-state index in [1.54, 1.807) is 0 Å². The summed E-state index contributed by atoms with van der Waals surface area (Å²) in [5.41, 5.74) is 3.79. The van der Waals surface area contributed by atoms with Crippen molar-refractivity contribution in [2.24, 2.45) is 0 Å². The zero-order valence-electron chi connectivity index (χ0n) is 15.0. The molecule has 0 amide bonds. The van der Waals surface area contributed by atoms with E-state index in [0.717, 1.165) is 43.0 Å². The maximum atomic E-state index is 12.6. The molecule has 0 atom stereocenters.